The van der Waals surface area contributed by atoms with Gasteiger partial charge in [-0.15, -0.1) is 0 Å². The van der Waals surface area contributed by atoms with Crippen molar-refractivity contribution in [3.05, 3.63) is 58.8 Å². The highest BCUT2D eigenvalue weighted by Crippen LogP contribution is 2.29. The highest BCUT2D eigenvalue weighted by atomic mass is 15.1. The molecule has 108 valence electrons. The molecule has 0 amide bonds. The Balaban J connectivity index is 1.97. The molecule has 2 N–H and O–H groups in total. The quantitative estimate of drug-likeness (QED) is 0.732. The highest BCUT2D eigenvalue weighted by Gasteiger charge is 2.13. The number of aromatic nitrogens is 2. The predicted molar refractivity (Wildman–Crippen MR) is 88.8 cm³/mol. The number of aromatic amines is 1. The maximum absolute atomic E-state index is 4.12. The molecule has 3 rings (SSSR count). The number of hydrogen-bond acceptors (Lipinski definition) is 2. The Bertz CT molecular complexity index is 763. The van der Waals surface area contributed by atoms with Gasteiger partial charge in [-0.25, -0.2) is 0 Å². The molecule has 0 saturated carbocycles. The summed E-state index contributed by atoms with van der Waals surface area (Å²) < 4.78 is 0. The van der Waals surface area contributed by atoms with Gasteiger partial charge in [0, 0.05) is 17.1 Å². The van der Waals surface area contributed by atoms with Crippen molar-refractivity contribution in [1.29, 1.82) is 0 Å². The van der Waals surface area contributed by atoms with E-state index >= 15 is 0 Å². The Morgan fingerprint density at radius 3 is 2.52 bits per heavy atom. The molecule has 3 heteroatoms. The second-order valence-corrected chi connectivity index (χ2v) is 5.82. The largest absolute Gasteiger partial charge is 0.378 e. The summed E-state index contributed by atoms with van der Waals surface area (Å²) in [6, 6.07) is 10.9. The van der Waals surface area contributed by atoms with Crippen molar-refractivity contribution in [3.8, 4) is 0 Å². The van der Waals surface area contributed by atoms with Crippen molar-refractivity contribution in [1.82, 2.24) is 10.2 Å². The lowest BCUT2D eigenvalue weighted by Crippen LogP contribution is -2.10. The Morgan fingerprint density at radius 2 is 1.81 bits per heavy atom. The molecule has 1 aromatic heterocycles. The zero-order chi connectivity index (χ0) is 15.0. The first-order valence-electron chi connectivity index (χ1n) is 7.32. The minimum atomic E-state index is 0.256. The molecule has 1 heterocycles. The van der Waals surface area contributed by atoms with Crippen LogP contribution in [0.25, 0.3) is 10.9 Å². The van der Waals surface area contributed by atoms with Gasteiger partial charge in [0.2, 0.25) is 0 Å². The fourth-order valence-corrected chi connectivity index (χ4v) is 3.27. The monoisotopic (exact) mass is 279 g/mol. The van der Waals surface area contributed by atoms with Crippen molar-refractivity contribution in [2.45, 2.75) is 33.7 Å². The number of nitrogens with one attached hydrogen (secondary N) is 2. The fraction of sp³-hybridized carbons (Fsp3) is 0.278. The van der Waals surface area contributed by atoms with Crippen LogP contribution in [0, 0.1) is 20.8 Å². The number of hydrogen-bond donors (Lipinski definition) is 2. The van der Waals surface area contributed by atoms with Gasteiger partial charge in [-0.3, -0.25) is 5.10 Å². The van der Waals surface area contributed by atoms with E-state index in [0.29, 0.717) is 0 Å². The first-order valence-corrected chi connectivity index (χ1v) is 7.32. The SMILES string of the molecule is Cc1cc(C)c(C(C)Nc2cccc3[nH]ncc23)c(C)c1. The molecular weight excluding hydrogens is 258 g/mol. The molecule has 1 atom stereocenters. The van der Waals surface area contributed by atoms with Gasteiger partial charge in [0.1, 0.15) is 0 Å². The van der Waals surface area contributed by atoms with Crippen LogP contribution >= 0.6 is 0 Å². The van der Waals surface area contributed by atoms with Crippen LogP contribution in [0.5, 0.6) is 0 Å². The molecule has 0 aliphatic heterocycles. The topological polar surface area (TPSA) is 40.7 Å². The lowest BCUT2D eigenvalue weighted by atomic mass is 9.94. The number of nitrogens with zero attached hydrogens (tertiary/aromatic N) is 1. The van der Waals surface area contributed by atoms with Crippen molar-refractivity contribution < 1.29 is 0 Å². The zero-order valence-electron chi connectivity index (χ0n) is 13.0. The lowest BCUT2D eigenvalue weighted by molar-refractivity contribution is 0.864. The molecule has 0 spiro atoms. The highest BCUT2D eigenvalue weighted by molar-refractivity contribution is 5.91. The predicted octanol–water partition coefficient (Wildman–Crippen LogP) is 4.66. The summed E-state index contributed by atoms with van der Waals surface area (Å²) in [4.78, 5) is 0. The van der Waals surface area contributed by atoms with E-state index in [1.54, 1.807) is 0 Å². The normalized spacial score (nSPS) is 12.6. The molecule has 0 radical (unpaired) electrons. The Hall–Kier alpha value is -2.29. The van der Waals surface area contributed by atoms with E-state index in [1.807, 2.05) is 18.3 Å². The van der Waals surface area contributed by atoms with Gasteiger partial charge in [0.15, 0.2) is 0 Å². The number of aryl methyl sites for hydroxylation is 3. The summed E-state index contributed by atoms with van der Waals surface area (Å²) in [5.74, 6) is 0. The van der Waals surface area contributed by atoms with Crippen LogP contribution in [-0.2, 0) is 0 Å². The van der Waals surface area contributed by atoms with Crippen LogP contribution in [0.3, 0.4) is 0 Å². The van der Waals surface area contributed by atoms with Crippen molar-refractivity contribution in [3.63, 3.8) is 0 Å². The summed E-state index contributed by atoms with van der Waals surface area (Å²) >= 11 is 0. The van der Waals surface area contributed by atoms with E-state index < -0.39 is 0 Å². The molecular formula is C18H21N3. The van der Waals surface area contributed by atoms with Crippen molar-refractivity contribution in [2.75, 3.05) is 5.32 Å². The first-order chi connectivity index (χ1) is 10.1. The van der Waals surface area contributed by atoms with Crippen LogP contribution in [0.2, 0.25) is 0 Å². The zero-order valence-corrected chi connectivity index (χ0v) is 13.0. The van der Waals surface area contributed by atoms with Gasteiger partial charge >= 0.3 is 0 Å². The maximum atomic E-state index is 4.12. The Labute approximate surface area is 125 Å². The lowest BCUT2D eigenvalue weighted by Gasteiger charge is -2.21. The van der Waals surface area contributed by atoms with E-state index in [9.17, 15) is 0 Å². The summed E-state index contributed by atoms with van der Waals surface area (Å²) in [7, 11) is 0. The molecule has 3 aromatic rings. The van der Waals surface area contributed by atoms with Gasteiger partial charge in [0.25, 0.3) is 0 Å². The van der Waals surface area contributed by atoms with Crippen molar-refractivity contribution in [2.24, 2.45) is 0 Å². The van der Waals surface area contributed by atoms with E-state index in [1.165, 1.54) is 22.3 Å². The summed E-state index contributed by atoms with van der Waals surface area (Å²) in [5.41, 5.74) is 7.55. The number of benzene rings is 2. The molecule has 0 saturated heterocycles. The molecule has 21 heavy (non-hydrogen) atoms. The van der Waals surface area contributed by atoms with Crippen LogP contribution in [0.15, 0.2) is 36.5 Å². The van der Waals surface area contributed by atoms with E-state index in [-0.39, 0.29) is 6.04 Å². The van der Waals surface area contributed by atoms with Crippen LogP contribution in [0.1, 0.15) is 35.2 Å². The van der Waals surface area contributed by atoms with Gasteiger partial charge in [-0.2, -0.15) is 5.10 Å². The summed E-state index contributed by atoms with van der Waals surface area (Å²) in [6.45, 7) is 8.73. The average Bonchev–Trinajstić information content (AvgIpc) is 2.86. The third-order valence-electron chi connectivity index (χ3n) is 4.03. The van der Waals surface area contributed by atoms with Gasteiger partial charge in [0.05, 0.1) is 11.7 Å². The van der Waals surface area contributed by atoms with Gasteiger partial charge in [-0.05, 0) is 56.5 Å². The van der Waals surface area contributed by atoms with E-state index in [4.69, 9.17) is 0 Å². The van der Waals surface area contributed by atoms with Crippen molar-refractivity contribution >= 4 is 16.6 Å². The molecule has 1 unspecified atom stereocenters. The fourth-order valence-electron chi connectivity index (χ4n) is 3.27. The minimum Gasteiger partial charge on any atom is -0.378 e. The molecule has 2 aromatic carbocycles. The van der Waals surface area contributed by atoms with Gasteiger partial charge in [-0.1, -0.05) is 23.8 Å². The van der Waals surface area contributed by atoms with Crippen LogP contribution in [-0.4, -0.2) is 10.2 Å². The maximum Gasteiger partial charge on any atom is 0.0671 e. The number of H-pyrrole nitrogens is 1. The smallest absolute Gasteiger partial charge is 0.0671 e. The Kier molecular flexibility index (Phi) is 3.42. The first kappa shape index (κ1) is 13.7. The number of anilines is 1. The summed E-state index contributed by atoms with van der Waals surface area (Å²) in [5, 5.41) is 11.9. The third-order valence-corrected chi connectivity index (χ3v) is 4.03. The molecule has 0 bridgehead atoms. The second kappa shape index (κ2) is 5.24. The number of rotatable bonds is 3. The Morgan fingerprint density at radius 1 is 1.10 bits per heavy atom. The molecule has 0 fully saturated rings. The standard InChI is InChI=1S/C18H21N3/c1-11-8-12(2)18(13(3)9-11)14(4)20-16-6-5-7-17-15(16)10-19-21-17/h5-10,14,20H,1-4H3,(H,19,21). The average molecular weight is 279 g/mol. The third kappa shape index (κ3) is 2.51. The van der Waals surface area contributed by atoms with E-state index in [2.05, 4.69) is 61.4 Å². The second-order valence-electron chi connectivity index (χ2n) is 5.82. The molecule has 0 aliphatic carbocycles. The number of fused-ring (bicyclic) bond motifs is 1. The minimum absolute atomic E-state index is 0.256. The van der Waals surface area contributed by atoms with Gasteiger partial charge < -0.3 is 5.32 Å². The van der Waals surface area contributed by atoms with Crippen LogP contribution < -0.4 is 5.32 Å². The molecule has 3 nitrogen and oxygen atoms in total. The molecule has 0 aliphatic rings. The summed E-state index contributed by atoms with van der Waals surface area (Å²) in [6.07, 6.45) is 1.87. The van der Waals surface area contributed by atoms with E-state index in [0.717, 1.165) is 16.6 Å². The van der Waals surface area contributed by atoms with Crippen LogP contribution in [0.4, 0.5) is 5.69 Å².